The van der Waals surface area contributed by atoms with Gasteiger partial charge in [0.25, 0.3) is 0 Å². The van der Waals surface area contributed by atoms with Crippen molar-refractivity contribution < 1.29 is 0 Å². The standard InChI is InChI=1S/C20H29N3/c1-3-21-4-2-15(1)14-22-5-7-23(8-6-22)20-18-10-16-9-17(12-18)13-19(20)11-16/h1-4,16-20H,5-14H2. The summed E-state index contributed by atoms with van der Waals surface area (Å²) in [5.74, 6) is 4.28. The minimum atomic E-state index is 0.936. The van der Waals surface area contributed by atoms with Gasteiger partial charge in [-0.2, -0.15) is 0 Å². The van der Waals surface area contributed by atoms with Crippen molar-refractivity contribution in [3.05, 3.63) is 30.1 Å². The molecule has 1 aromatic heterocycles. The molecule has 3 nitrogen and oxygen atoms in total. The van der Waals surface area contributed by atoms with Crippen LogP contribution in [0, 0.1) is 23.7 Å². The van der Waals surface area contributed by atoms with Crippen LogP contribution in [-0.4, -0.2) is 47.0 Å². The van der Waals surface area contributed by atoms with E-state index in [0.717, 1.165) is 36.3 Å². The first-order valence-corrected chi connectivity index (χ1v) is 9.70. The summed E-state index contributed by atoms with van der Waals surface area (Å²) in [5.41, 5.74) is 1.41. The van der Waals surface area contributed by atoms with Gasteiger partial charge < -0.3 is 0 Å². The van der Waals surface area contributed by atoms with Gasteiger partial charge in [-0.25, -0.2) is 0 Å². The molecule has 1 saturated heterocycles. The Bertz CT molecular complexity index is 507. The maximum atomic E-state index is 4.13. The van der Waals surface area contributed by atoms with Crippen molar-refractivity contribution in [3.8, 4) is 0 Å². The van der Waals surface area contributed by atoms with Gasteiger partial charge in [0.1, 0.15) is 0 Å². The lowest BCUT2D eigenvalue weighted by atomic mass is 9.54. The van der Waals surface area contributed by atoms with Crippen LogP contribution in [0.25, 0.3) is 0 Å². The molecule has 0 spiro atoms. The lowest BCUT2D eigenvalue weighted by Crippen LogP contribution is -2.60. The van der Waals surface area contributed by atoms with Gasteiger partial charge >= 0.3 is 0 Å². The smallest absolute Gasteiger partial charge is 0.0271 e. The molecule has 5 fully saturated rings. The molecule has 4 saturated carbocycles. The molecule has 4 aliphatic carbocycles. The SMILES string of the molecule is c1cc(CN2CCN(C3C4CC5CC(C4)CC3C5)CC2)ccn1. The Balaban J connectivity index is 1.20. The summed E-state index contributed by atoms with van der Waals surface area (Å²) in [6.07, 6.45) is 11.6. The normalized spacial score (nSPS) is 40.6. The van der Waals surface area contributed by atoms with Gasteiger partial charge in [0, 0.05) is 51.2 Å². The highest BCUT2D eigenvalue weighted by Gasteiger charge is 2.50. The average Bonchev–Trinajstić information content (AvgIpc) is 2.56. The van der Waals surface area contributed by atoms with Gasteiger partial charge in [-0.15, -0.1) is 0 Å². The highest BCUT2D eigenvalue weighted by molar-refractivity contribution is 5.09. The van der Waals surface area contributed by atoms with Crippen molar-refractivity contribution >= 4 is 0 Å². The van der Waals surface area contributed by atoms with E-state index in [4.69, 9.17) is 0 Å². The van der Waals surface area contributed by atoms with Crippen molar-refractivity contribution in [1.82, 2.24) is 14.8 Å². The second-order valence-corrected chi connectivity index (χ2v) is 8.59. The number of piperazine rings is 1. The topological polar surface area (TPSA) is 19.4 Å². The van der Waals surface area contributed by atoms with Gasteiger partial charge in [0.05, 0.1) is 0 Å². The van der Waals surface area contributed by atoms with Crippen LogP contribution >= 0.6 is 0 Å². The fourth-order valence-corrected chi connectivity index (χ4v) is 6.46. The highest BCUT2D eigenvalue weighted by Crippen LogP contribution is 2.55. The third kappa shape index (κ3) is 2.72. The lowest BCUT2D eigenvalue weighted by Gasteiger charge is -2.58. The van der Waals surface area contributed by atoms with Crippen LogP contribution in [0.2, 0.25) is 0 Å². The largest absolute Gasteiger partial charge is 0.297 e. The zero-order valence-electron chi connectivity index (χ0n) is 14.1. The molecule has 0 amide bonds. The van der Waals surface area contributed by atoms with Gasteiger partial charge in [-0.05, 0) is 73.5 Å². The summed E-state index contributed by atoms with van der Waals surface area (Å²) in [6, 6.07) is 5.25. The van der Waals surface area contributed by atoms with E-state index >= 15 is 0 Å². The van der Waals surface area contributed by atoms with Gasteiger partial charge in [-0.3, -0.25) is 14.8 Å². The maximum absolute atomic E-state index is 4.13. The molecule has 5 aliphatic rings. The second kappa shape index (κ2) is 5.86. The molecule has 3 heteroatoms. The number of rotatable bonds is 3. The predicted molar refractivity (Wildman–Crippen MR) is 91.9 cm³/mol. The van der Waals surface area contributed by atoms with E-state index in [0.29, 0.717) is 0 Å². The van der Waals surface area contributed by atoms with Crippen molar-refractivity contribution in [2.45, 2.75) is 44.7 Å². The molecule has 0 aromatic carbocycles. The van der Waals surface area contributed by atoms with E-state index in [1.807, 2.05) is 12.4 Å². The molecule has 0 radical (unpaired) electrons. The molecule has 23 heavy (non-hydrogen) atoms. The predicted octanol–water partition coefficient (Wildman–Crippen LogP) is 3.02. The first-order valence-electron chi connectivity index (χ1n) is 9.70. The molecule has 1 aromatic rings. The molecule has 4 bridgehead atoms. The van der Waals surface area contributed by atoms with Crippen LogP contribution < -0.4 is 0 Å². The van der Waals surface area contributed by atoms with E-state index in [1.165, 1.54) is 31.7 Å². The van der Waals surface area contributed by atoms with E-state index in [1.54, 1.807) is 32.1 Å². The Morgan fingerprint density at radius 2 is 1.43 bits per heavy atom. The lowest BCUT2D eigenvalue weighted by molar-refractivity contribution is -0.0769. The van der Waals surface area contributed by atoms with Crippen molar-refractivity contribution in [2.75, 3.05) is 26.2 Å². The summed E-state index contributed by atoms with van der Waals surface area (Å²) in [5, 5.41) is 0. The van der Waals surface area contributed by atoms with Crippen LogP contribution in [0.15, 0.2) is 24.5 Å². The Morgan fingerprint density at radius 3 is 2.04 bits per heavy atom. The summed E-state index contributed by atoms with van der Waals surface area (Å²) in [7, 11) is 0. The highest BCUT2D eigenvalue weighted by atomic mass is 15.3. The first kappa shape index (κ1) is 14.4. The van der Waals surface area contributed by atoms with E-state index in [9.17, 15) is 0 Å². The second-order valence-electron chi connectivity index (χ2n) is 8.59. The zero-order valence-corrected chi connectivity index (χ0v) is 14.1. The Kier molecular flexibility index (Phi) is 3.67. The summed E-state index contributed by atoms with van der Waals surface area (Å²) >= 11 is 0. The first-order chi connectivity index (χ1) is 11.3. The van der Waals surface area contributed by atoms with E-state index in [-0.39, 0.29) is 0 Å². The summed E-state index contributed by atoms with van der Waals surface area (Å²) < 4.78 is 0. The summed E-state index contributed by atoms with van der Waals surface area (Å²) in [4.78, 5) is 9.64. The molecular formula is C20H29N3. The van der Waals surface area contributed by atoms with Crippen LogP contribution in [0.3, 0.4) is 0 Å². The molecule has 6 rings (SSSR count). The van der Waals surface area contributed by atoms with Crippen LogP contribution in [0.4, 0.5) is 0 Å². The fraction of sp³-hybridized carbons (Fsp3) is 0.750. The number of nitrogens with zero attached hydrogens (tertiary/aromatic N) is 3. The van der Waals surface area contributed by atoms with E-state index < -0.39 is 0 Å². The van der Waals surface area contributed by atoms with Crippen LogP contribution in [-0.2, 0) is 6.54 Å². The third-order valence-electron chi connectivity index (χ3n) is 7.16. The quantitative estimate of drug-likeness (QED) is 0.855. The Morgan fingerprint density at radius 1 is 0.826 bits per heavy atom. The molecule has 0 unspecified atom stereocenters. The van der Waals surface area contributed by atoms with Crippen molar-refractivity contribution in [2.24, 2.45) is 23.7 Å². The molecular weight excluding hydrogens is 282 g/mol. The Labute approximate surface area is 140 Å². The number of aromatic nitrogens is 1. The van der Waals surface area contributed by atoms with Crippen LogP contribution in [0.5, 0.6) is 0 Å². The Hall–Kier alpha value is -0.930. The van der Waals surface area contributed by atoms with Crippen molar-refractivity contribution in [1.29, 1.82) is 0 Å². The molecule has 0 atom stereocenters. The minimum absolute atomic E-state index is 0.936. The molecule has 124 valence electrons. The minimum Gasteiger partial charge on any atom is -0.297 e. The van der Waals surface area contributed by atoms with Crippen LogP contribution in [0.1, 0.15) is 37.7 Å². The fourth-order valence-electron chi connectivity index (χ4n) is 6.46. The average molecular weight is 311 g/mol. The van der Waals surface area contributed by atoms with Gasteiger partial charge in [0.15, 0.2) is 0 Å². The van der Waals surface area contributed by atoms with E-state index in [2.05, 4.69) is 26.9 Å². The molecule has 2 heterocycles. The number of pyridine rings is 1. The van der Waals surface area contributed by atoms with Gasteiger partial charge in [0.2, 0.25) is 0 Å². The molecule has 0 N–H and O–H groups in total. The zero-order chi connectivity index (χ0) is 15.2. The number of hydrogen-bond acceptors (Lipinski definition) is 3. The van der Waals surface area contributed by atoms with Crippen molar-refractivity contribution in [3.63, 3.8) is 0 Å². The third-order valence-corrected chi connectivity index (χ3v) is 7.16. The summed E-state index contributed by atoms with van der Waals surface area (Å²) in [6.45, 7) is 6.16. The maximum Gasteiger partial charge on any atom is 0.0271 e. The van der Waals surface area contributed by atoms with Gasteiger partial charge in [-0.1, -0.05) is 0 Å². The monoisotopic (exact) mass is 311 g/mol. The number of hydrogen-bond donors (Lipinski definition) is 0. The molecule has 1 aliphatic heterocycles.